The Labute approximate surface area is 222 Å². The van der Waals surface area contributed by atoms with Crippen LogP contribution < -0.4 is 5.32 Å². The van der Waals surface area contributed by atoms with E-state index in [0.29, 0.717) is 11.6 Å². The van der Waals surface area contributed by atoms with Gasteiger partial charge in [-0.15, -0.1) is 11.3 Å². The zero-order valence-electron chi connectivity index (χ0n) is 19.7. The lowest BCUT2D eigenvalue weighted by atomic mass is 9.52. The molecule has 0 radical (unpaired) electrons. The number of benzene rings is 4. The van der Waals surface area contributed by atoms with Crippen molar-refractivity contribution < 1.29 is 4.79 Å². The van der Waals surface area contributed by atoms with E-state index in [0.717, 1.165) is 16.6 Å². The highest BCUT2D eigenvalue weighted by Gasteiger charge is 2.59. The normalized spacial score (nSPS) is 23.8. The minimum atomic E-state index is -0.627. The fourth-order valence-electron chi connectivity index (χ4n) is 6.37. The van der Waals surface area contributed by atoms with Crippen molar-refractivity contribution >= 4 is 49.1 Å². The highest BCUT2D eigenvalue weighted by Crippen LogP contribution is 2.66. The number of hydrogen-bond donors (Lipinski definition) is 1. The number of nitrogens with zero attached hydrogens (tertiary/aromatic N) is 1. The molecule has 3 aliphatic carbocycles. The van der Waals surface area contributed by atoms with Gasteiger partial charge in [-0.05, 0) is 46.4 Å². The maximum atomic E-state index is 14.0. The van der Waals surface area contributed by atoms with E-state index in [9.17, 15) is 4.79 Å². The Morgan fingerprint density at radius 1 is 0.917 bits per heavy atom. The highest BCUT2D eigenvalue weighted by molar-refractivity contribution is 9.09. The number of amides is 1. The smallest absolute Gasteiger partial charge is 0.233 e. The average molecular weight is 552 g/mol. The van der Waals surface area contributed by atoms with Gasteiger partial charge in [-0.1, -0.05) is 107 Å². The van der Waals surface area contributed by atoms with Crippen LogP contribution in [0.25, 0.3) is 22.0 Å². The van der Waals surface area contributed by atoms with Crippen LogP contribution in [0.2, 0.25) is 0 Å². The number of fused-ring (bicyclic) bond motifs is 2. The molecule has 2 bridgehead atoms. The molecule has 1 N–H and O–H groups in total. The number of anilines is 1. The van der Waals surface area contributed by atoms with E-state index >= 15 is 0 Å². The first kappa shape index (κ1) is 22.0. The maximum Gasteiger partial charge on any atom is 0.233 e. The number of rotatable bonds is 3. The molecule has 0 spiro atoms. The lowest BCUT2D eigenvalue weighted by Gasteiger charge is -2.54. The fraction of sp³-hybridized carbons (Fsp3) is 0.161. The highest BCUT2D eigenvalue weighted by atomic mass is 79.9. The molecule has 36 heavy (non-hydrogen) atoms. The van der Waals surface area contributed by atoms with Crippen LogP contribution in [0.15, 0.2) is 96.4 Å². The van der Waals surface area contributed by atoms with Crippen molar-refractivity contribution in [1.29, 1.82) is 0 Å². The van der Waals surface area contributed by atoms with Gasteiger partial charge in [0.05, 0.1) is 15.4 Å². The third-order valence-corrected chi connectivity index (χ3v) is 9.85. The number of nitrogens with one attached hydrogen (secondary N) is 1. The largest absolute Gasteiger partial charge is 0.301 e. The molecule has 0 unspecified atom stereocenters. The van der Waals surface area contributed by atoms with Gasteiger partial charge in [-0.2, -0.15) is 0 Å². The monoisotopic (exact) mass is 550 g/mol. The Morgan fingerprint density at radius 3 is 2.31 bits per heavy atom. The molecule has 0 fully saturated rings. The van der Waals surface area contributed by atoms with Crippen LogP contribution in [0.5, 0.6) is 0 Å². The Bertz CT molecular complexity index is 1620. The summed E-state index contributed by atoms with van der Waals surface area (Å²) in [4.78, 5) is 18.9. The predicted molar refractivity (Wildman–Crippen MR) is 151 cm³/mol. The summed E-state index contributed by atoms with van der Waals surface area (Å²) in [6, 6.07) is 31.7. The predicted octanol–water partition coefficient (Wildman–Crippen LogP) is 8.10. The third kappa shape index (κ3) is 3.02. The van der Waals surface area contributed by atoms with Gasteiger partial charge in [0.2, 0.25) is 5.91 Å². The summed E-state index contributed by atoms with van der Waals surface area (Å²) >= 11 is 5.60. The summed E-state index contributed by atoms with van der Waals surface area (Å²) in [5, 5.41) is 8.21. The standard InChI is InChI=1S/C31H23BrN2OS/c1-30(18-31(32)24-15-6-4-12-22(24)27(30)23-13-5-7-16-25(23)31)28(35)34-29-33-26(17-36-29)21-14-8-10-19-9-2-3-11-20(19)21/h2-17,27H,18H2,1H3,(H,33,34,35)/t27?,30-,31?/m0/s1. The van der Waals surface area contributed by atoms with E-state index in [1.807, 2.05) is 17.5 Å². The molecule has 0 aliphatic heterocycles. The number of aromatic nitrogens is 1. The molecule has 0 saturated heterocycles. The van der Waals surface area contributed by atoms with E-state index < -0.39 is 9.74 Å². The topological polar surface area (TPSA) is 42.0 Å². The minimum absolute atomic E-state index is 0.0122. The van der Waals surface area contributed by atoms with Crippen molar-refractivity contribution in [2.24, 2.45) is 5.41 Å². The molecule has 1 heterocycles. The molecule has 5 heteroatoms. The molecule has 3 nitrogen and oxygen atoms in total. The van der Waals surface area contributed by atoms with Gasteiger partial charge >= 0.3 is 0 Å². The fourth-order valence-corrected chi connectivity index (χ4v) is 8.38. The molecule has 1 aromatic heterocycles. The van der Waals surface area contributed by atoms with Crippen LogP contribution in [-0.4, -0.2) is 10.9 Å². The van der Waals surface area contributed by atoms with Crippen LogP contribution in [-0.2, 0) is 9.12 Å². The summed E-state index contributed by atoms with van der Waals surface area (Å²) in [6.07, 6.45) is 0.687. The van der Waals surface area contributed by atoms with E-state index in [4.69, 9.17) is 4.98 Å². The van der Waals surface area contributed by atoms with Crippen molar-refractivity contribution in [3.8, 4) is 11.3 Å². The van der Waals surface area contributed by atoms with Gasteiger partial charge < -0.3 is 5.32 Å². The first-order chi connectivity index (χ1) is 17.5. The second-order valence-electron chi connectivity index (χ2n) is 10.0. The minimum Gasteiger partial charge on any atom is -0.301 e. The summed E-state index contributed by atoms with van der Waals surface area (Å²) < 4.78 is -0.391. The van der Waals surface area contributed by atoms with Gasteiger partial charge in [0.1, 0.15) is 0 Å². The third-order valence-electron chi connectivity index (χ3n) is 7.95. The average Bonchev–Trinajstić information content (AvgIpc) is 3.37. The van der Waals surface area contributed by atoms with Gasteiger partial charge in [-0.25, -0.2) is 4.98 Å². The molecule has 1 atom stereocenters. The molecule has 176 valence electrons. The molecule has 3 aliphatic rings. The van der Waals surface area contributed by atoms with Gasteiger partial charge in [0, 0.05) is 16.9 Å². The van der Waals surface area contributed by atoms with E-state index in [-0.39, 0.29) is 11.8 Å². The molecule has 5 aromatic rings. The van der Waals surface area contributed by atoms with E-state index in [2.05, 4.69) is 107 Å². The molecule has 1 amide bonds. The van der Waals surface area contributed by atoms with Crippen molar-refractivity contribution in [1.82, 2.24) is 4.98 Å². The Balaban J connectivity index is 1.26. The molecule has 4 aromatic carbocycles. The van der Waals surface area contributed by atoms with Gasteiger partial charge in [0.15, 0.2) is 5.13 Å². The van der Waals surface area contributed by atoms with Crippen LogP contribution >= 0.6 is 27.3 Å². The molecule has 8 rings (SSSR count). The maximum absolute atomic E-state index is 14.0. The van der Waals surface area contributed by atoms with Crippen molar-refractivity contribution in [2.45, 2.75) is 23.6 Å². The Hall–Kier alpha value is -3.28. The van der Waals surface area contributed by atoms with Crippen molar-refractivity contribution in [3.63, 3.8) is 0 Å². The summed E-state index contributed by atoms with van der Waals surface area (Å²) in [7, 11) is 0. The van der Waals surface area contributed by atoms with Gasteiger partial charge in [0.25, 0.3) is 0 Å². The molecular formula is C31H23BrN2OS. The lowest BCUT2D eigenvalue weighted by molar-refractivity contribution is -0.127. The molecular weight excluding hydrogens is 528 g/mol. The quantitative estimate of drug-likeness (QED) is 0.230. The second kappa shape index (κ2) is 7.86. The summed E-state index contributed by atoms with van der Waals surface area (Å²) in [6.45, 7) is 2.11. The van der Waals surface area contributed by atoms with Crippen molar-refractivity contribution in [3.05, 3.63) is 119 Å². The summed E-state index contributed by atoms with van der Waals surface area (Å²) in [5.74, 6) is 0.000903. The number of carbonyl (C=O) groups excluding carboxylic acids is 1. The first-order valence-electron chi connectivity index (χ1n) is 12.1. The first-order valence-corrected chi connectivity index (χ1v) is 13.8. The van der Waals surface area contributed by atoms with E-state index in [1.54, 1.807) is 0 Å². The number of halogens is 1. The number of thiazole rings is 1. The van der Waals surface area contributed by atoms with Crippen LogP contribution in [0.1, 0.15) is 41.5 Å². The lowest BCUT2D eigenvalue weighted by Crippen LogP contribution is -2.52. The second-order valence-corrected chi connectivity index (χ2v) is 12.2. The van der Waals surface area contributed by atoms with E-state index in [1.165, 1.54) is 39.0 Å². The number of carbonyl (C=O) groups is 1. The number of hydrogen-bond acceptors (Lipinski definition) is 3. The van der Waals surface area contributed by atoms with Crippen molar-refractivity contribution in [2.75, 3.05) is 5.32 Å². The zero-order chi connectivity index (χ0) is 24.5. The Kier molecular flexibility index (Phi) is 4.79. The van der Waals surface area contributed by atoms with Crippen LogP contribution in [0.3, 0.4) is 0 Å². The van der Waals surface area contributed by atoms with Gasteiger partial charge in [-0.3, -0.25) is 4.79 Å². The number of alkyl halides is 1. The molecule has 0 saturated carbocycles. The summed E-state index contributed by atoms with van der Waals surface area (Å²) in [5.41, 5.74) is 6.33. The SMILES string of the molecule is C[C@]1(C(=O)Nc2nc(-c3cccc4ccccc34)cs2)CC2(Br)c3ccccc3C1c1ccccc12. The van der Waals surface area contributed by atoms with Crippen LogP contribution in [0, 0.1) is 5.41 Å². The van der Waals surface area contributed by atoms with Crippen LogP contribution in [0.4, 0.5) is 5.13 Å². The Morgan fingerprint density at radius 2 is 1.56 bits per heavy atom. The zero-order valence-corrected chi connectivity index (χ0v) is 22.1.